The van der Waals surface area contributed by atoms with E-state index in [1.165, 1.54) is 42.0 Å². The molecule has 0 atom stereocenters. The molecule has 5 rings (SSSR count). The van der Waals surface area contributed by atoms with Crippen molar-refractivity contribution in [2.24, 2.45) is 0 Å². The van der Waals surface area contributed by atoms with Crippen molar-refractivity contribution in [2.75, 3.05) is 7.11 Å². The van der Waals surface area contributed by atoms with Gasteiger partial charge in [0.05, 0.1) is 18.1 Å². The number of methoxy groups -OCH3 is 1. The maximum atomic E-state index is 5.32. The quantitative estimate of drug-likeness (QED) is 0.458. The number of ether oxygens (including phenoxy) is 1. The Balaban J connectivity index is 1.79. The van der Waals surface area contributed by atoms with Gasteiger partial charge in [0.1, 0.15) is 11.6 Å². The lowest BCUT2D eigenvalue weighted by atomic mass is 10.1. The molecule has 0 radical (unpaired) electrons. The molecule has 0 unspecified atom stereocenters. The van der Waals surface area contributed by atoms with Crippen molar-refractivity contribution in [3.63, 3.8) is 0 Å². The summed E-state index contributed by atoms with van der Waals surface area (Å²) in [4.78, 5) is 5.13. The molecular formula is C23H22N2O. The predicted molar refractivity (Wildman–Crippen MR) is 107 cm³/mol. The van der Waals surface area contributed by atoms with Crippen LogP contribution in [-0.4, -0.2) is 16.7 Å². The van der Waals surface area contributed by atoms with Gasteiger partial charge < -0.3 is 9.30 Å². The van der Waals surface area contributed by atoms with Crippen LogP contribution in [0.2, 0.25) is 0 Å². The summed E-state index contributed by atoms with van der Waals surface area (Å²) in [6.07, 6.45) is 5.09. The minimum atomic E-state index is 0.540. The van der Waals surface area contributed by atoms with E-state index in [9.17, 15) is 0 Å². The van der Waals surface area contributed by atoms with Crippen molar-refractivity contribution >= 4 is 21.8 Å². The van der Waals surface area contributed by atoms with Crippen molar-refractivity contribution in [1.29, 1.82) is 0 Å². The highest BCUT2D eigenvalue weighted by atomic mass is 16.5. The molecule has 3 aromatic carbocycles. The maximum Gasteiger partial charge on any atom is 0.141 e. The van der Waals surface area contributed by atoms with Crippen molar-refractivity contribution in [3.05, 3.63) is 60.7 Å². The summed E-state index contributed by atoms with van der Waals surface area (Å²) in [6.45, 7) is 0. The van der Waals surface area contributed by atoms with Crippen molar-refractivity contribution in [1.82, 2.24) is 9.55 Å². The second kappa shape index (κ2) is 6.17. The van der Waals surface area contributed by atoms with Crippen LogP contribution in [0.25, 0.3) is 33.2 Å². The molecule has 1 aliphatic carbocycles. The summed E-state index contributed by atoms with van der Waals surface area (Å²) >= 11 is 0. The molecule has 0 spiro atoms. The zero-order valence-electron chi connectivity index (χ0n) is 15.0. The Labute approximate surface area is 153 Å². The van der Waals surface area contributed by atoms with E-state index in [0.717, 1.165) is 22.7 Å². The molecule has 0 saturated heterocycles. The number of aromatic nitrogens is 2. The van der Waals surface area contributed by atoms with Gasteiger partial charge in [0.25, 0.3) is 0 Å². The first kappa shape index (κ1) is 15.4. The molecule has 1 fully saturated rings. The first-order valence-electron chi connectivity index (χ1n) is 9.39. The summed E-state index contributed by atoms with van der Waals surface area (Å²) in [7, 11) is 1.70. The SMILES string of the molecule is COc1ccc(-c2nc3c4ccccc4ccc3n2C2CCCC2)cc1. The molecule has 1 aliphatic rings. The summed E-state index contributed by atoms with van der Waals surface area (Å²) in [5.74, 6) is 1.95. The highest BCUT2D eigenvalue weighted by Gasteiger charge is 2.24. The largest absolute Gasteiger partial charge is 0.497 e. The molecule has 3 heteroatoms. The molecule has 0 N–H and O–H groups in total. The number of hydrogen-bond acceptors (Lipinski definition) is 2. The summed E-state index contributed by atoms with van der Waals surface area (Å²) < 4.78 is 7.81. The van der Waals surface area contributed by atoms with E-state index in [1.54, 1.807) is 7.11 Å². The van der Waals surface area contributed by atoms with Crippen molar-refractivity contribution in [2.45, 2.75) is 31.7 Å². The monoisotopic (exact) mass is 342 g/mol. The van der Waals surface area contributed by atoms with Crippen LogP contribution in [0.3, 0.4) is 0 Å². The van der Waals surface area contributed by atoms with Crippen LogP contribution in [0, 0.1) is 0 Å². The minimum Gasteiger partial charge on any atom is -0.497 e. The van der Waals surface area contributed by atoms with E-state index in [4.69, 9.17) is 9.72 Å². The Morgan fingerprint density at radius 3 is 2.46 bits per heavy atom. The van der Waals surface area contributed by atoms with Gasteiger partial charge in [-0.25, -0.2) is 4.98 Å². The average Bonchev–Trinajstić information content (AvgIpc) is 3.35. The van der Waals surface area contributed by atoms with E-state index in [2.05, 4.69) is 53.1 Å². The molecule has 1 heterocycles. The van der Waals surface area contributed by atoms with Gasteiger partial charge in [0.2, 0.25) is 0 Å². The Hall–Kier alpha value is -2.81. The van der Waals surface area contributed by atoms with Gasteiger partial charge in [-0.05, 0) is 48.6 Å². The van der Waals surface area contributed by atoms with E-state index < -0.39 is 0 Å². The first-order chi connectivity index (χ1) is 12.8. The van der Waals surface area contributed by atoms with Crippen LogP contribution in [0.4, 0.5) is 0 Å². The number of benzene rings is 3. The van der Waals surface area contributed by atoms with Crippen LogP contribution < -0.4 is 4.74 Å². The van der Waals surface area contributed by atoms with Gasteiger partial charge >= 0.3 is 0 Å². The van der Waals surface area contributed by atoms with Crippen LogP contribution in [-0.2, 0) is 0 Å². The molecule has 130 valence electrons. The maximum absolute atomic E-state index is 5.32. The number of nitrogens with zero attached hydrogens (tertiary/aromatic N) is 2. The zero-order chi connectivity index (χ0) is 17.5. The predicted octanol–water partition coefficient (Wildman–Crippen LogP) is 5.98. The molecule has 1 aromatic heterocycles. The molecule has 3 nitrogen and oxygen atoms in total. The molecule has 4 aromatic rings. The fraction of sp³-hybridized carbons (Fsp3) is 0.261. The van der Waals surface area contributed by atoms with E-state index in [0.29, 0.717) is 6.04 Å². The average molecular weight is 342 g/mol. The fourth-order valence-corrected chi connectivity index (χ4v) is 4.31. The van der Waals surface area contributed by atoms with Crippen LogP contribution >= 0.6 is 0 Å². The molecular weight excluding hydrogens is 320 g/mol. The first-order valence-corrected chi connectivity index (χ1v) is 9.39. The Morgan fingerprint density at radius 1 is 0.923 bits per heavy atom. The minimum absolute atomic E-state index is 0.540. The van der Waals surface area contributed by atoms with Crippen molar-refractivity contribution < 1.29 is 4.74 Å². The van der Waals surface area contributed by atoms with Gasteiger partial charge in [-0.3, -0.25) is 0 Å². The Morgan fingerprint density at radius 2 is 1.69 bits per heavy atom. The van der Waals surface area contributed by atoms with Crippen LogP contribution in [0.5, 0.6) is 5.75 Å². The van der Waals surface area contributed by atoms with E-state index >= 15 is 0 Å². The lowest BCUT2D eigenvalue weighted by Gasteiger charge is -2.16. The standard InChI is InChI=1S/C23H22N2O/c1-26-19-13-10-17(11-14-19)23-24-22-20-9-5-2-6-16(20)12-15-21(22)25(23)18-7-3-4-8-18/h2,5-6,9-15,18H,3-4,7-8H2,1H3. The number of hydrogen-bond donors (Lipinski definition) is 0. The van der Waals surface area contributed by atoms with Crippen LogP contribution in [0.15, 0.2) is 60.7 Å². The second-order valence-corrected chi connectivity index (χ2v) is 7.13. The third kappa shape index (κ3) is 2.38. The molecule has 26 heavy (non-hydrogen) atoms. The molecule has 0 aliphatic heterocycles. The highest BCUT2D eigenvalue weighted by Crippen LogP contribution is 2.38. The zero-order valence-corrected chi connectivity index (χ0v) is 15.0. The third-order valence-electron chi connectivity index (χ3n) is 5.62. The van der Waals surface area contributed by atoms with Crippen LogP contribution in [0.1, 0.15) is 31.7 Å². The van der Waals surface area contributed by atoms with Gasteiger partial charge in [-0.2, -0.15) is 0 Å². The van der Waals surface area contributed by atoms with Gasteiger partial charge in [-0.15, -0.1) is 0 Å². The number of fused-ring (bicyclic) bond motifs is 3. The number of imidazole rings is 1. The fourth-order valence-electron chi connectivity index (χ4n) is 4.31. The van der Waals surface area contributed by atoms with E-state index in [1.807, 2.05) is 12.1 Å². The lowest BCUT2D eigenvalue weighted by molar-refractivity contribution is 0.415. The van der Waals surface area contributed by atoms with Crippen molar-refractivity contribution in [3.8, 4) is 17.1 Å². The lowest BCUT2D eigenvalue weighted by Crippen LogP contribution is -2.06. The van der Waals surface area contributed by atoms with Gasteiger partial charge in [0.15, 0.2) is 0 Å². The molecule has 0 amide bonds. The molecule has 1 saturated carbocycles. The Kier molecular flexibility index (Phi) is 3.66. The van der Waals surface area contributed by atoms with E-state index in [-0.39, 0.29) is 0 Å². The van der Waals surface area contributed by atoms with Gasteiger partial charge in [-0.1, -0.05) is 43.2 Å². The smallest absolute Gasteiger partial charge is 0.141 e. The Bertz CT molecular complexity index is 1070. The summed E-state index contributed by atoms with van der Waals surface area (Å²) in [5, 5.41) is 2.48. The normalized spacial score (nSPS) is 15.1. The number of rotatable bonds is 3. The van der Waals surface area contributed by atoms with Gasteiger partial charge in [0, 0.05) is 17.0 Å². The highest BCUT2D eigenvalue weighted by molar-refractivity contribution is 6.05. The third-order valence-corrected chi connectivity index (χ3v) is 5.62. The summed E-state index contributed by atoms with van der Waals surface area (Å²) in [5.41, 5.74) is 3.51. The topological polar surface area (TPSA) is 27.1 Å². The second-order valence-electron chi connectivity index (χ2n) is 7.13. The summed E-state index contributed by atoms with van der Waals surface area (Å²) in [6, 6.07) is 21.8. The molecule has 0 bridgehead atoms.